The highest BCUT2D eigenvalue weighted by molar-refractivity contribution is 6.30. The maximum atomic E-state index is 13.4. The molecule has 0 aliphatic carbocycles. The molecule has 40 heavy (non-hydrogen) atoms. The van der Waals surface area contributed by atoms with Crippen LogP contribution in [0.25, 0.3) is 16.7 Å². The first-order chi connectivity index (χ1) is 19.5. The molecule has 3 aromatic carbocycles. The molecule has 0 unspecified atom stereocenters. The molecular weight excluding hydrogens is 528 g/mol. The van der Waals surface area contributed by atoms with Gasteiger partial charge < -0.3 is 14.5 Å². The first kappa shape index (κ1) is 25.9. The number of anilines is 1. The molecule has 1 fully saturated rings. The van der Waals surface area contributed by atoms with Gasteiger partial charge >= 0.3 is 0 Å². The van der Waals surface area contributed by atoms with Crippen LogP contribution >= 0.6 is 11.6 Å². The number of nitrogens with zero attached hydrogens (tertiary/aromatic N) is 6. The van der Waals surface area contributed by atoms with Crippen molar-refractivity contribution < 1.29 is 9.53 Å². The lowest BCUT2D eigenvalue weighted by Gasteiger charge is -2.36. The lowest BCUT2D eigenvalue weighted by molar-refractivity contribution is -0.131. The fraction of sp³-hybridized carbons (Fsp3) is 0.267. The van der Waals surface area contributed by atoms with E-state index in [2.05, 4.69) is 15.1 Å². The number of halogens is 1. The molecular formula is C30H29ClN6O3. The van der Waals surface area contributed by atoms with Crippen LogP contribution in [0.15, 0.2) is 77.6 Å². The van der Waals surface area contributed by atoms with Crippen molar-refractivity contribution in [1.29, 1.82) is 0 Å². The Labute approximate surface area is 236 Å². The standard InChI is InChI=1S/C30H29ClN6O3/c1-40-26-9-5-4-8-25(26)34-16-18-35(19-17-34)28(38)15-14-27-32-33-30-36(20-21-10-12-22(31)13-11-21)29(39)23-6-2-3-7-24(23)37(27)30/h2-13H,14-20H2,1H3. The fourth-order valence-electron chi connectivity index (χ4n) is 5.36. The molecule has 10 heteroatoms. The van der Waals surface area contributed by atoms with Gasteiger partial charge in [0, 0.05) is 44.0 Å². The van der Waals surface area contributed by atoms with E-state index in [0.29, 0.717) is 54.5 Å². The normalized spacial score (nSPS) is 13.8. The van der Waals surface area contributed by atoms with Gasteiger partial charge in [0.15, 0.2) is 0 Å². The molecule has 204 valence electrons. The molecule has 0 saturated carbocycles. The Morgan fingerprint density at radius 2 is 1.65 bits per heavy atom. The number of rotatable bonds is 7. The summed E-state index contributed by atoms with van der Waals surface area (Å²) in [5.41, 5.74) is 2.56. The molecule has 1 aliphatic heterocycles. The van der Waals surface area contributed by atoms with Gasteiger partial charge in [-0.25, -0.2) is 0 Å². The molecule has 5 aromatic rings. The molecule has 9 nitrogen and oxygen atoms in total. The highest BCUT2D eigenvalue weighted by Crippen LogP contribution is 2.28. The first-order valence-corrected chi connectivity index (χ1v) is 13.7. The van der Waals surface area contributed by atoms with Crippen molar-refractivity contribution in [3.8, 4) is 5.75 Å². The summed E-state index contributed by atoms with van der Waals surface area (Å²) in [6, 6.07) is 22.8. The third kappa shape index (κ3) is 4.88. The molecule has 1 aliphatic rings. The summed E-state index contributed by atoms with van der Waals surface area (Å²) in [4.78, 5) is 30.8. The van der Waals surface area contributed by atoms with Gasteiger partial charge in [-0.05, 0) is 42.0 Å². The zero-order valence-corrected chi connectivity index (χ0v) is 22.9. The van der Waals surface area contributed by atoms with Gasteiger partial charge in [0.1, 0.15) is 11.6 Å². The van der Waals surface area contributed by atoms with E-state index in [1.807, 2.05) is 70.0 Å². The quantitative estimate of drug-likeness (QED) is 0.301. The predicted octanol–water partition coefficient (Wildman–Crippen LogP) is 4.04. The van der Waals surface area contributed by atoms with Crippen LogP contribution in [-0.2, 0) is 17.8 Å². The largest absolute Gasteiger partial charge is 0.495 e. The van der Waals surface area contributed by atoms with Gasteiger partial charge in [0.2, 0.25) is 11.7 Å². The topological polar surface area (TPSA) is 85.0 Å². The lowest BCUT2D eigenvalue weighted by Crippen LogP contribution is -2.49. The number of para-hydroxylation sites is 3. The van der Waals surface area contributed by atoms with Crippen LogP contribution in [0.2, 0.25) is 5.02 Å². The van der Waals surface area contributed by atoms with E-state index in [-0.39, 0.29) is 11.5 Å². The SMILES string of the molecule is COc1ccccc1N1CCN(C(=O)CCc2nnc3n(Cc4ccc(Cl)cc4)c(=O)c4ccccc4n23)CC1. The Balaban J connectivity index is 1.21. The van der Waals surface area contributed by atoms with E-state index in [0.717, 1.165) is 35.6 Å². The minimum Gasteiger partial charge on any atom is -0.495 e. The average Bonchev–Trinajstić information content (AvgIpc) is 3.43. The first-order valence-electron chi connectivity index (χ1n) is 13.3. The van der Waals surface area contributed by atoms with Crippen LogP contribution < -0.4 is 15.2 Å². The zero-order valence-electron chi connectivity index (χ0n) is 22.2. The predicted molar refractivity (Wildman–Crippen MR) is 155 cm³/mol. The number of fused-ring (bicyclic) bond motifs is 3. The Hall–Kier alpha value is -4.37. The highest BCUT2D eigenvalue weighted by atomic mass is 35.5. The van der Waals surface area contributed by atoms with Gasteiger partial charge in [-0.3, -0.25) is 18.6 Å². The van der Waals surface area contributed by atoms with Crippen LogP contribution in [0.5, 0.6) is 5.75 Å². The van der Waals surface area contributed by atoms with Crippen molar-refractivity contribution in [3.05, 3.63) is 99.6 Å². The number of amides is 1. The van der Waals surface area contributed by atoms with E-state index < -0.39 is 0 Å². The number of carbonyl (C=O) groups is 1. The number of benzene rings is 3. The number of hydrogen-bond donors (Lipinski definition) is 0. The zero-order chi connectivity index (χ0) is 27.6. The summed E-state index contributed by atoms with van der Waals surface area (Å²) in [6.45, 7) is 3.09. The molecule has 6 rings (SSSR count). The number of aryl methyl sites for hydroxylation is 1. The Morgan fingerprint density at radius 1 is 0.925 bits per heavy atom. The molecule has 0 N–H and O–H groups in total. The van der Waals surface area contributed by atoms with Crippen molar-refractivity contribution in [2.75, 3.05) is 38.2 Å². The highest BCUT2D eigenvalue weighted by Gasteiger charge is 2.24. The smallest absolute Gasteiger partial charge is 0.263 e. The second-order valence-corrected chi connectivity index (χ2v) is 10.3. The van der Waals surface area contributed by atoms with Crippen LogP contribution in [0.4, 0.5) is 5.69 Å². The Kier molecular flexibility index (Phi) is 7.13. The number of piperazine rings is 1. The van der Waals surface area contributed by atoms with Crippen LogP contribution in [0.3, 0.4) is 0 Å². The molecule has 0 spiro atoms. The second kappa shape index (κ2) is 11.0. The molecule has 0 radical (unpaired) electrons. The van der Waals surface area contributed by atoms with Crippen molar-refractivity contribution in [1.82, 2.24) is 24.1 Å². The Morgan fingerprint density at radius 3 is 2.42 bits per heavy atom. The van der Waals surface area contributed by atoms with Gasteiger partial charge in [-0.15, -0.1) is 10.2 Å². The van der Waals surface area contributed by atoms with Gasteiger partial charge in [0.25, 0.3) is 5.56 Å². The lowest BCUT2D eigenvalue weighted by atomic mass is 10.2. The molecule has 1 amide bonds. The number of aromatic nitrogens is 4. The molecule has 3 heterocycles. The van der Waals surface area contributed by atoms with Crippen molar-refractivity contribution in [2.45, 2.75) is 19.4 Å². The maximum absolute atomic E-state index is 13.4. The summed E-state index contributed by atoms with van der Waals surface area (Å²) < 4.78 is 9.04. The van der Waals surface area contributed by atoms with E-state index in [9.17, 15) is 9.59 Å². The van der Waals surface area contributed by atoms with E-state index in [1.54, 1.807) is 23.8 Å². The minimum atomic E-state index is -0.138. The van der Waals surface area contributed by atoms with Crippen molar-refractivity contribution in [2.24, 2.45) is 0 Å². The van der Waals surface area contributed by atoms with Gasteiger partial charge in [0.05, 0.1) is 30.2 Å². The number of ether oxygens (including phenoxy) is 1. The monoisotopic (exact) mass is 556 g/mol. The van der Waals surface area contributed by atoms with E-state index in [4.69, 9.17) is 16.3 Å². The molecule has 0 atom stereocenters. The number of methoxy groups -OCH3 is 1. The minimum absolute atomic E-state index is 0.0789. The average molecular weight is 557 g/mol. The molecule has 0 bridgehead atoms. The summed E-state index contributed by atoms with van der Waals surface area (Å²) in [5.74, 6) is 2.02. The summed E-state index contributed by atoms with van der Waals surface area (Å²) >= 11 is 6.05. The van der Waals surface area contributed by atoms with Crippen LogP contribution in [0.1, 0.15) is 17.8 Å². The van der Waals surface area contributed by atoms with E-state index >= 15 is 0 Å². The van der Waals surface area contributed by atoms with E-state index in [1.165, 1.54) is 0 Å². The molecule has 1 saturated heterocycles. The molecule has 2 aromatic heterocycles. The third-order valence-electron chi connectivity index (χ3n) is 7.45. The second-order valence-electron chi connectivity index (χ2n) is 9.83. The van der Waals surface area contributed by atoms with Gasteiger partial charge in [-0.1, -0.05) is 48.0 Å². The summed E-state index contributed by atoms with van der Waals surface area (Å²) in [7, 11) is 1.67. The third-order valence-corrected chi connectivity index (χ3v) is 7.70. The fourth-order valence-corrected chi connectivity index (χ4v) is 5.48. The number of hydrogen-bond acceptors (Lipinski definition) is 6. The maximum Gasteiger partial charge on any atom is 0.263 e. The van der Waals surface area contributed by atoms with Crippen molar-refractivity contribution in [3.63, 3.8) is 0 Å². The van der Waals surface area contributed by atoms with Crippen LogP contribution in [-0.4, -0.2) is 63.3 Å². The Bertz CT molecular complexity index is 1740. The van der Waals surface area contributed by atoms with Gasteiger partial charge in [-0.2, -0.15) is 0 Å². The summed E-state index contributed by atoms with van der Waals surface area (Å²) in [5, 5.41) is 10.0. The number of carbonyl (C=O) groups excluding carboxylic acids is 1. The van der Waals surface area contributed by atoms with Crippen LogP contribution in [0, 0.1) is 0 Å². The summed E-state index contributed by atoms with van der Waals surface area (Å²) in [6.07, 6.45) is 0.718. The van der Waals surface area contributed by atoms with Crippen molar-refractivity contribution >= 4 is 39.9 Å².